The number of rotatable bonds is 3. The maximum atomic E-state index is 5.17. The van der Waals surface area contributed by atoms with Gasteiger partial charge in [0, 0.05) is 12.5 Å². The summed E-state index contributed by atoms with van der Waals surface area (Å²) >= 11 is 0. The molecule has 1 rings (SSSR count). The van der Waals surface area contributed by atoms with Crippen molar-refractivity contribution in [3.8, 4) is 0 Å². The molecule has 1 saturated heterocycles. The van der Waals surface area contributed by atoms with Gasteiger partial charge in [-0.3, -0.25) is 10.9 Å². The van der Waals surface area contributed by atoms with Crippen LogP contribution in [0.15, 0.2) is 0 Å². The summed E-state index contributed by atoms with van der Waals surface area (Å²) in [4.78, 5) is 0. The molecule has 1 fully saturated rings. The van der Waals surface area contributed by atoms with Gasteiger partial charge >= 0.3 is 0 Å². The Morgan fingerprint density at radius 3 is 2.78 bits per heavy atom. The van der Waals surface area contributed by atoms with Crippen LogP contribution in [0.2, 0.25) is 0 Å². The molecule has 0 aromatic rings. The van der Waals surface area contributed by atoms with Gasteiger partial charge in [0.2, 0.25) is 0 Å². The van der Waals surface area contributed by atoms with E-state index in [1.165, 1.54) is 0 Å². The largest absolute Gasteiger partial charge is 0.378 e. The van der Waals surface area contributed by atoms with Gasteiger partial charge in [0.05, 0.1) is 12.7 Å². The van der Waals surface area contributed by atoms with Gasteiger partial charge in [0.1, 0.15) is 0 Å². The Balaban J connectivity index is 1.99. The summed E-state index contributed by atoms with van der Waals surface area (Å²) in [6, 6.07) is 0. The fourth-order valence-electron chi connectivity index (χ4n) is 0.883. The average molecular weight is 130 g/mol. The molecule has 0 aromatic heterocycles. The summed E-state index contributed by atoms with van der Waals surface area (Å²) in [7, 11) is 1.88. The molecule has 3 nitrogen and oxygen atoms in total. The summed E-state index contributed by atoms with van der Waals surface area (Å²) in [5, 5.41) is 0. The van der Waals surface area contributed by atoms with Crippen molar-refractivity contribution in [1.82, 2.24) is 10.9 Å². The monoisotopic (exact) mass is 130 g/mol. The maximum Gasteiger partial charge on any atom is 0.0610 e. The maximum absolute atomic E-state index is 5.17. The number of hydrogen-bond acceptors (Lipinski definition) is 3. The van der Waals surface area contributed by atoms with Crippen molar-refractivity contribution in [3.05, 3.63) is 0 Å². The summed E-state index contributed by atoms with van der Waals surface area (Å²) in [5.74, 6) is 0.706. The summed E-state index contributed by atoms with van der Waals surface area (Å²) in [6.45, 7) is 4.03. The molecule has 0 spiro atoms. The zero-order chi connectivity index (χ0) is 6.69. The molecule has 9 heavy (non-hydrogen) atoms. The van der Waals surface area contributed by atoms with Crippen LogP contribution in [0.5, 0.6) is 0 Å². The molecule has 54 valence electrons. The molecule has 2 atom stereocenters. The minimum absolute atomic E-state index is 0.450. The highest BCUT2D eigenvalue weighted by atomic mass is 16.5. The molecule has 0 aromatic carbocycles. The first-order valence-electron chi connectivity index (χ1n) is 3.36. The van der Waals surface area contributed by atoms with Crippen molar-refractivity contribution in [2.75, 3.05) is 20.2 Å². The van der Waals surface area contributed by atoms with Crippen molar-refractivity contribution in [1.29, 1.82) is 0 Å². The van der Waals surface area contributed by atoms with E-state index in [0.717, 1.165) is 13.2 Å². The van der Waals surface area contributed by atoms with Crippen LogP contribution in [-0.2, 0) is 4.74 Å². The zero-order valence-corrected chi connectivity index (χ0v) is 5.98. The van der Waals surface area contributed by atoms with Crippen LogP contribution in [0.25, 0.3) is 0 Å². The summed E-state index contributed by atoms with van der Waals surface area (Å²) < 4.78 is 5.17. The first-order chi connectivity index (χ1) is 4.34. The molecule has 3 heteroatoms. The minimum atomic E-state index is 0.450. The lowest BCUT2D eigenvalue weighted by Crippen LogP contribution is -2.46. The molecule has 2 N–H and O–H groups in total. The average Bonchev–Trinajstić information content (AvgIpc) is 1.86. The Morgan fingerprint density at radius 2 is 2.44 bits per heavy atom. The van der Waals surface area contributed by atoms with Crippen molar-refractivity contribution in [3.63, 3.8) is 0 Å². The lowest BCUT2D eigenvalue weighted by molar-refractivity contribution is -0.102. The molecule has 1 aliphatic heterocycles. The second kappa shape index (κ2) is 3.15. The van der Waals surface area contributed by atoms with Crippen molar-refractivity contribution < 1.29 is 4.74 Å². The van der Waals surface area contributed by atoms with Crippen LogP contribution >= 0.6 is 0 Å². The fourth-order valence-corrected chi connectivity index (χ4v) is 0.883. The third kappa shape index (κ3) is 1.64. The van der Waals surface area contributed by atoms with E-state index in [4.69, 9.17) is 4.74 Å². The van der Waals surface area contributed by atoms with Gasteiger partial charge in [-0.2, -0.15) is 0 Å². The standard InChI is InChI=1S/C6H14N2O/c1-5-6(4-9-5)3-8-7-2/h5-8H,3-4H2,1-2H3. The molecular formula is C6H14N2O. The van der Waals surface area contributed by atoms with E-state index in [2.05, 4.69) is 17.8 Å². The molecule has 0 saturated carbocycles. The molecule has 1 aliphatic rings. The van der Waals surface area contributed by atoms with Crippen molar-refractivity contribution >= 4 is 0 Å². The zero-order valence-electron chi connectivity index (χ0n) is 5.98. The molecule has 0 radical (unpaired) electrons. The lowest BCUT2D eigenvalue weighted by Gasteiger charge is -2.34. The van der Waals surface area contributed by atoms with E-state index in [9.17, 15) is 0 Å². The molecule has 2 unspecified atom stereocenters. The summed E-state index contributed by atoms with van der Waals surface area (Å²) in [6.07, 6.45) is 0.450. The second-order valence-electron chi connectivity index (χ2n) is 2.43. The van der Waals surface area contributed by atoms with E-state index in [-0.39, 0.29) is 0 Å². The van der Waals surface area contributed by atoms with E-state index in [0.29, 0.717) is 12.0 Å². The fraction of sp³-hybridized carbons (Fsp3) is 1.00. The summed E-state index contributed by atoms with van der Waals surface area (Å²) in [5.41, 5.74) is 5.93. The normalized spacial score (nSPS) is 34.0. The van der Waals surface area contributed by atoms with Crippen LogP contribution in [0, 0.1) is 5.92 Å². The Bertz CT molecular complexity index is 87.1. The highest BCUT2D eigenvalue weighted by molar-refractivity contribution is 4.75. The molecule has 1 heterocycles. The molecule has 0 aliphatic carbocycles. The highest BCUT2D eigenvalue weighted by Gasteiger charge is 2.26. The van der Waals surface area contributed by atoms with E-state index in [1.807, 2.05) is 7.05 Å². The second-order valence-corrected chi connectivity index (χ2v) is 2.43. The van der Waals surface area contributed by atoms with E-state index >= 15 is 0 Å². The van der Waals surface area contributed by atoms with Gasteiger partial charge in [-0.25, -0.2) is 0 Å². The number of hydrazine groups is 1. The van der Waals surface area contributed by atoms with Gasteiger partial charge in [-0.1, -0.05) is 0 Å². The predicted octanol–water partition coefficient (Wildman–Crippen LogP) is -0.255. The first-order valence-corrected chi connectivity index (χ1v) is 3.36. The SMILES string of the molecule is CNNCC1COC1C. The van der Waals surface area contributed by atoms with Crippen LogP contribution in [0.3, 0.4) is 0 Å². The van der Waals surface area contributed by atoms with E-state index < -0.39 is 0 Å². The van der Waals surface area contributed by atoms with Gasteiger partial charge in [0.15, 0.2) is 0 Å². The van der Waals surface area contributed by atoms with Gasteiger partial charge in [-0.05, 0) is 14.0 Å². The predicted molar refractivity (Wildman–Crippen MR) is 36.0 cm³/mol. The van der Waals surface area contributed by atoms with Crippen molar-refractivity contribution in [2.45, 2.75) is 13.0 Å². The van der Waals surface area contributed by atoms with E-state index in [1.54, 1.807) is 0 Å². The highest BCUT2D eigenvalue weighted by Crippen LogP contribution is 2.17. The molecule has 0 amide bonds. The van der Waals surface area contributed by atoms with Gasteiger partial charge in [0.25, 0.3) is 0 Å². The number of ether oxygens (including phenoxy) is 1. The minimum Gasteiger partial charge on any atom is -0.378 e. The lowest BCUT2D eigenvalue weighted by atomic mass is 10.0. The van der Waals surface area contributed by atoms with Gasteiger partial charge in [-0.15, -0.1) is 0 Å². The number of hydrogen-bond donors (Lipinski definition) is 2. The topological polar surface area (TPSA) is 33.3 Å². The Labute approximate surface area is 55.7 Å². The smallest absolute Gasteiger partial charge is 0.0610 e. The van der Waals surface area contributed by atoms with Crippen LogP contribution in [-0.4, -0.2) is 26.3 Å². The third-order valence-electron chi connectivity index (χ3n) is 1.78. The molecular weight excluding hydrogens is 116 g/mol. The number of nitrogens with one attached hydrogen (secondary N) is 2. The Kier molecular flexibility index (Phi) is 2.45. The van der Waals surface area contributed by atoms with Crippen LogP contribution in [0.4, 0.5) is 0 Å². The third-order valence-corrected chi connectivity index (χ3v) is 1.78. The van der Waals surface area contributed by atoms with Crippen molar-refractivity contribution in [2.24, 2.45) is 5.92 Å². The quantitative estimate of drug-likeness (QED) is 0.517. The Morgan fingerprint density at radius 1 is 1.67 bits per heavy atom. The molecule has 0 bridgehead atoms. The Hall–Kier alpha value is -0.120. The van der Waals surface area contributed by atoms with Gasteiger partial charge < -0.3 is 4.74 Å². The van der Waals surface area contributed by atoms with Crippen LogP contribution < -0.4 is 10.9 Å². The van der Waals surface area contributed by atoms with Crippen LogP contribution in [0.1, 0.15) is 6.92 Å². The first kappa shape index (κ1) is 6.99.